The Morgan fingerprint density at radius 3 is 2.72 bits per heavy atom. The Morgan fingerprint density at radius 1 is 1.21 bits per heavy atom. The van der Waals surface area contributed by atoms with Crippen molar-refractivity contribution in [3.63, 3.8) is 0 Å². The molecule has 1 fully saturated rings. The van der Waals surface area contributed by atoms with Crippen LogP contribution in [0.25, 0.3) is 0 Å². The molecule has 0 bridgehead atoms. The van der Waals surface area contributed by atoms with Gasteiger partial charge >= 0.3 is 0 Å². The number of carbonyl (C=O) groups excluding carboxylic acids is 1. The summed E-state index contributed by atoms with van der Waals surface area (Å²) in [6.45, 7) is 0. The van der Waals surface area contributed by atoms with Gasteiger partial charge in [0.25, 0.3) is 5.91 Å². The van der Waals surface area contributed by atoms with Crippen LogP contribution in [0.5, 0.6) is 0 Å². The van der Waals surface area contributed by atoms with Gasteiger partial charge in [-0.2, -0.15) is 5.10 Å². The SMILES string of the molecule is N=C(C(=O)NC1=NNC(c2ccccc2)C1)C1=C(N)N=CNC1NC1CCCC1. The van der Waals surface area contributed by atoms with Crippen LogP contribution in [0.2, 0.25) is 0 Å². The number of benzene rings is 1. The highest BCUT2D eigenvalue weighted by atomic mass is 16.2. The minimum atomic E-state index is -0.547. The number of amidine groups is 1. The van der Waals surface area contributed by atoms with Crippen LogP contribution in [0.15, 0.2) is 51.8 Å². The first-order valence-corrected chi connectivity index (χ1v) is 9.93. The summed E-state index contributed by atoms with van der Waals surface area (Å²) in [5, 5.41) is 21.9. The predicted molar refractivity (Wildman–Crippen MR) is 112 cm³/mol. The van der Waals surface area contributed by atoms with Crippen LogP contribution in [0.4, 0.5) is 0 Å². The topological polar surface area (TPSA) is 140 Å². The molecular formula is C20H26N8O. The number of hydrogen-bond donors (Lipinski definition) is 6. The number of rotatable bonds is 5. The molecule has 9 heteroatoms. The molecule has 9 nitrogen and oxygen atoms in total. The first-order valence-electron chi connectivity index (χ1n) is 9.93. The van der Waals surface area contributed by atoms with Crippen molar-refractivity contribution in [3.8, 4) is 0 Å². The molecule has 1 aromatic rings. The molecule has 2 unspecified atom stereocenters. The summed E-state index contributed by atoms with van der Waals surface area (Å²) < 4.78 is 0. The third kappa shape index (κ3) is 4.29. The van der Waals surface area contributed by atoms with Crippen LogP contribution < -0.4 is 27.1 Å². The van der Waals surface area contributed by atoms with E-state index in [4.69, 9.17) is 11.1 Å². The fourth-order valence-corrected chi connectivity index (χ4v) is 3.93. The zero-order valence-corrected chi connectivity index (χ0v) is 16.1. The molecule has 1 aromatic carbocycles. The second-order valence-corrected chi connectivity index (χ2v) is 7.49. The first-order chi connectivity index (χ1) is 14.1. The number of nitrogens with one attached hydrogen (secondary N) is 5. The number of nitrogens with zero attached hydrogens (tertiary/aromatic N) is 2. The van der Waals surface area contributed by atoms with E-state index in [0.717, 1.165) is 18.4 Å². The van der Waals surface area contributed by atoms with Gasteiger partial charge < -0.3 is 21.8 Å². The zero-order valence-electron chi connectivity index (χ0n) is 16.1. The van der Waals surface area contributed by atoms with Crippen molar-refractivity contribution < 1.29 is 4.79 Å². The van der Waals surface area contributed by atoms with E-state index in [1.807, 2.05) is 30.3 Å². The van der Waals surface area contributed by atoms with Crippen molar-refractivity contribution in [2.24, 2.45) is 15.8 Å². The van der Waals surface area contributed by atoms with Crippen molar-refractivity contribution in [2.45, 2.75) is 50.4 Å². The number of hydrogen-bond acceptors (Lipinski definition) is 8. The van der Waals surface area contributed by atoms with E-state index in [1.165, 1.54) is 19.2 Å². The molecule has 1 aliphatic carbocycles. The number of carbonyl (C=O) groups is 1. The number of aliphatic imine (C=N–C) groups is 1. The maximum absolute atomic E-state index is 12.7. The Balaban J connectivity index is 1.40. The summed E-state index contributed by atoms with van der Waals surface area (Å²) in [5.74, 6) is 0.128. The highest BCUT2D eigenvalue weighted by molar-refractivity contribution is 6.46. The minimum absolute atomic E-state index is 0.00250. The van der Waals surface area contributed by atoms with Gasteiger partial charge in [-0.05, 0) is 18.4 Å². The third-order valence-corrected chi connectivity index (χ3v) is 5.48. The molecule has 1 saturated carbocycles. The Bertz CT molecular complexity index is 870. The molecule has 1 amide bonds. The van der Waals surface area contributed by atoms with Crippen LogP contribution in [-0.4, -0.2) is 36.0 Å². The molecule has 0 spiro atoms. The second-order valence-electron chi connectivity index (χ2n) is 7.49. The summed E-state index contributed by atoms with van der Waals surface area (Å²) in [4.78, 5) is 16.8. The van der Waals surface area contributed by atoms with E-state index >= 15 is 0 Å². The summed E-state index contributed by atoms with van der Waals surface area (Å²) in [7, 11) is 0. The quantitative estimate of drug-likeness (QED) is 0.411. The lowest BCUT2D eigenvalue weighted by molar-refractivity contribution is -0.113. The average Bonchev–Trinajstić information content (AvgIpc) is 3.40. The fraction of sp³-hybridized carbons (Fsp3) is 0.400. The van der Waals surface area contributed by atoms with Gasteiger partial charge in [0.05, 0.1) is 18.0 Å². The van der Waals surface area contributed by atoms with E-state index in [-0.39, 0.29) is 17.6 Å². The van der Waals surface area contributed by atoms with Gasteiger partial charge in [-0.25, -0.2) is 4.99 Å². The molecule has 0 radical (unpaired) electrons. The number of hydrazone groups is 1. The first kappa shape index (κ1) is 19.1. The molecule has 2 atom stereocenters. The highest BCUT2D eigenvalue weighted by Gasteiger charge is 2.31. The van der Waals surface area contributed by atoms with Gasteiger partial charge in [-0.15, -0.1) is 0 Å². The van der Waals surface area contributed by atoms with Gasteiger partial charge in [0, 0.05) is 12.5 Å². The highest BCUT2D eigenvalue weighted by Crippen LogP contribution is 2.22. The van der Waals surface area contributed by atoms with Crippen LogP contribution >= 0.6 is 0 Å². The molecule has 152 valence electrons. The van der Waals surface area contributed by atoms with E-state index in [1.54, 1.807) is 0 Å². The maximum Gasteiger partial charge on any atom is 0.275 e. The van der Waals surface area contributed by atoms with Gasteiger partial charge in [-0.3, -0.25) is 15.5 Å². The van der Waals surface area contributed by atoms with Crippen LogP contribution in [0.1, 0.15) is 43.7 Å². The summed E-state index contributed by atoms with van der Waals surface area (Å²) in [5.41, 5.74) is 10.3. The standard InChI is InChI=1S/C20H26N8O/c21-17(16-18(22)23-11-24-19(16)25-13-8-4-5-9-13)20(29)26-15-10-14(27-28-15)12-6-2-1-3-7-12/h1-3,6-7,11,13-14,19,21,25,27H,4-5,8-10,22H2,(H,23,24)(H,26,28,29). The van der Waals surface area contributed by atoms with Crippen molar-refractivity contribution in [3.05, 3.63) is 47.3 Å². The Kier molecular flexibility index (Phi) is 5.57. The van der Waals surface area contributed by atoms with E-state index in [2.05, 4.69) is 31.5 Å². The minimum Gasteiger partial charge on any atom is -0.383 e. The Hall–Kier alpha value is -3.20. The van der Waals surface area contributed by atoms with E-state index in [0.29, 0.717) is 23.9 Å². The van der Waals surface area contributed by atoms with Crippen LogP contribution in [0, 0.1) is 5.41 Å². The molecule has 0 saturated heterocycles. The zero-order chi connectivity index (χ0) is 20.2. The lowest BCUT2D eigenvalue weighted by Crippen LogP contribution is -2.53. The molecule has 2 heterocycles. The van der Waals surface area contributed by atoms with Crippen LogP contribution in [-0.2, 0) is 4.79 Å². The van der Waals surface area contributed by atoms with E-state index < -0.39 is 12.1 Å². The Morgan fingerprint density at radius 2 is 1.97 bits per heavy atom. The summed E-state index contributed by atoms with van der Waals surface area (Å²) >= 11 is 0. The molecular weight excluding hydrogens is 368 g/mol. The normalized spacial score (nSPS) is 24.1. The number of nitrogens with two attached hydrogens (primary N) is 1. The predicted octanol–water partition coefficient (Wildman–Crippen LogP) is 0.831. The molecule has 7 N–H and O–H groups in total. The van der Waals surface area contributed by atoms with Crippen molar-refractivity contribution in [2.75, 3.05) is 0 Å². The molecule has 2 aliphatic heterocycles. The van der Waals surface area contributed by atoms with Crippen molar-refractivity contribution in [1.29, 1.82) is 5.41 Å². The molecule has 4 rings (SSSR count). The summed E-state index contributed by atoms with van der Waals surface area (Å²) in [6.07, 6.45) is 6.15. The molecule has 29 heavy (non-hydrogen) atoms. The van der Waals surface area contributed by atoms with Gasteiger partial charge in [0.15, 0.2) is 0 Å². The van der Waals surface area contributed by atoms with Gasteiger partial charge in [0.2, 0.25) is 0 Å². The van der Waals surface area contributed by atoms with Crippen molar-refractivity contribution >= 4 is 23.8 Å². The third-order valence-electron chi connectivity index (χ3n) is 5.48. The van der Waals surface area contributed by atoms with E-state index in [9.17, 15) is 4.79 Å². The molecule has 3 aliphatic rings. The number of amides is 1. The van der Waals surface area contributed by atoms with Gasteiger partial charge in [0.1, 0.15) is 23.5 Å². The smallest absolute Gasteiger partial charge is 0.275 e. The second kappa shape index (κ2) is 8.44. The fourth-order valence-electron chi connectivity index (χ4n) is 3.93. The maximum atomic E-state index is 12.7. The lowest BCUT2D eigenvalue weighted by Gasteiger charge is -2.28. The lowest BCUT2D eigenvalue weighted by atomic mass is 10.0. The monoisotopic (exact) mass is 394 g/mol. The summed E-state index contributed by atoms with van der Waals surface area (Å²) in [6, 6.07) is 10.3. The van der Waals surface area contributed by atoms with Crippen molar-refractivity contribution in [1.82, 2.24) is 21.4 Å². The molecule has 0 aromatic heterocycles. The van der Waals surface area contributed by atoms with Gasteiger partial charge in [-0.1, -0.05) is 43.2 Å². The largest absolute Gasteiger partial charge is 0.383 e. The van der Waals surface area contributed by atoms with Crippen LogP contribution in [0.3, 0.4) is 0 Å². The average molecular weight is 394 g/mol. The Labute approximate surface area is 169 Å².